The third kappa shape index (κ3) is 2.52. The number of fused-ring (bicyclic) bond motifs is 5. The van der Waals surface area contributed by atoms with Crippen molar-refractivity contribution in [1.82, 2.24) is 5.32 Å². The van der Waals surface area contributed by atoms with Crippen molar-refractivity contribution in [2.24, 2.45) is 11.8 Å². The monoisotopic (exact) mass is 405 g/mol. The Balaban J connectivity index is 1.65. The fourth-order valence-corrected chi connectivity index (χ4v) is 5.14. The van der Waals surface area contributed by atoms with E-state index >= 15 is 0 Å². The predicted octanol–water partition coefficient (Wildman–Crippen LogP) is 0.768. The Hall–Kier alpha value is -3.45. The summed E-state index contributed by atoms with van der Waals surface area (Å²) in [5.74, 6) is -1.35. The molecule has 2 aromatic carbocycles. The second kappa shape index (κ2) is 6.81. The summed E-state index contributed by atoms with van der Waals surface area (Å²) in [6, 6.07) is 11.8. The molecular weight excluding hydrogens is 384 g/mol. The van der Waals surface area contributed by atoms with Crippen molar-refractivity contribution in [2.45, 2.75) is 12.1 Å². The standard InChI is InChI=1S/C23H20N2O5/c1-29-13-7-8-16(30-2)15(11-13)21(26)20-18-17(22(27)24-23(18)28)19-14-6-4-3-5-12(14)9-10-25(19)20/h3-11,17-20H,1-2H3,(H,24,27,28)/p+1/t17-,18+,19-,20-/m0/s1. The van der Waals surface area contributed by atoms with Gasteiger partial charge in [-0.1, -0.05) is 24.3 Å². The van der Waals surface area contributed by atoms with Crippen LogP contribution in [0.3, 0.4) is 0 Å². The molecule has 2 aromatic rings. The number of hydrogen-bond acceptors (Lipinski definition) is 5. The molecule has 3 heterocycles. The number of nitrogens with one attached hydrogen (secondary N) is 2. The van der Waals surface area contributed by atoms with Crippen LogP contribution < -0.4 is 19.7 Å². The van der Waals surface area contributed by atoms with E-state index in [2.05, 4.69) is 5.32 Å². The SMILES string of the molecule is COc1ccc(OC)c(C(=O)[C@@H]2[C@@H]3C(=O)NC(=O)[C@@H]3[C@@H]3c4ccccc4C=C[NH+]23)c1. The van der Waals surface area contributed by atoms with E-state index in [1.807, 2.05) is 36.5 Å². The Morgan fingerprint density at radius 3 is 2.53 bits per heavy atom. The van der Waals surface area contributed by atoms with Crippen LogP contribution in [-0.2, 0) is 9.59 Å². The quantitative estimate of drug-likeness (QED) is 0.580. The molecule has 2 amide bonds. The largest absolute Gasteiger partial charge is 0.497 e. The number of imide groups is 1. The molecule has 0 aromatic heterocycles. The first-order valence-electron chi connectivity index (χ1n) is 9.80. The van der Waals surface area contributed by atoms with Crippen LogP contribution in [0.2, 0.25) is 0 Å². The summed E-state index contributed by atoms with van der Waals surface area (Å²) in [6.45, 7) is 0. The molecule has 2 saturated heterocycles. The number of carbonyl (C=O) groups is 3. The van der Waals surface area contributed by atoms with Gasteiger partial charge in [-0.15, -0.1) is 0 Å². The minimum absolute atomic E-state index is 0.243. The van der Waals surface area contributed by atoms with E-state index in [4.69, 9.17) is 9.47 Å². The highest BCUT2D eigenvalue weighted by Gasteiger charge is 2.65. The average molecular weight is 405 g/mol. The summed E-state index contributed by atoms with van der Waals surface area (Å²) in [5, 5.41) is 2.45. The molecule has 152 valence electrons. The summed E-state index contributed by atoms with van der Waals surface area (Å²) in [6.07, 6.45) is 3.86. The molecule has 2 N–H and O–H groups in total. The van der Waals surface area contributed by atoms with Crippen molar-refractivity contribution < 1.29 is 28.8 Å². The number of hydrogen-bond donors (Lipinski definition) is 2. The van der Waals surface area contributed by atoms with Crippen molar-refractivity contribution >= 4 is 23.7 Å². The Morgan fingerprint density at radius 1 is 1.00 bits per heavy atom. The molecule has 0 spiro atoms. The average Bonchev–Trinajstić information content (AvgIpc) is 3.27. The first-order valence-corrected chi connectivity index (χ1v) is 9.80. The van der Waals surface area contributed by atoms with E-state index < -0.39 is 23.8 Å². The van der Waals surface area contributed by atoms with Crippen molar-refractivity contribution in [3.63, 3.8) is 0 Å². The lowest BCUT2D eigenvalue weighted by molar-refractivity contribution is -0.884. The van der Waals surface area contributed by atoms with Gasteiger partial charge in [-0.05, 0) is 29.8 Å². The maximum atomic E-state index is 13.8. The normalized spacial score (nSPS) is 28.4. The van der Waals surface area contributed by atoms with Gasteiger partial charge in [0.25, 0.3) is 0 Å². The summed E-state index contributed by atoms with van der Waals surface area (Å²) >= 11 is 0. The predicted molar refractivity (Wildman–Crippen MR) is 107 cm³/mol. The molecule has 5 rings (SSSR count). The molecule has 0 aliphatic carbocycles. The van der Waals surface area contributed by atoms with Crippen LogP contribution in [-0.4, -0.2) is 37.9 Å². The summed E-state index contributed by atoms with van der Waals surface area (Å²) in [7, 11) is 3.02. The number of amides is 2. The zero-order chi connectivity index (χ0) is 21.0. The van der Waals surface area contributed by atoms with E-state index in [9.17, 15) is 14.4 Å². The van der Waals surface area contributed by atoms with E-state index in [0.29, 0.717) is 17.1 Å². The van der Waals surface area contributed by atoms with Crippen LogP contribution >= 0.6 is 0 Å². The van der Waals surface area contributed by atoms with Gasteiger partial charge < -0.3 is 9.47 Å². The third-order valence-electron chi connectivity index (χ3n) is 6.42. The first-order chi connectivity index (χ1) is 14.5. The molecule has 7 nitrogen and oxygen atoms in total. The second-order valence-corrected chi connectivity index (χ2v) is 7.75. The number of Topliss-reactive ketones (excluding diaryl/α,β-unsaturated/α-hetero) is 1. The lowest BCUT2D eigenvalue weighted by atomic mass is 9.83. The fraction of sp³-hybridized carbons (Fsp3) is 0.261. The maximum Gasteiger partial charge on any atom is 0.237 e. The number of carbonyl (C=O) groups excluding carboxylic acids is 3. The molecule has 30 heavy (non-hydrogen) atoms. The Kier molecular flexibility index (Phi) is 4.22. The Morgan fingerprint density at radius 2 is 1.77 bits per heavy atom. The van der Waals surface area contributed by atoms with Gasteiger partial charge in [-0.25, -0.2) is 0 Å². The van der Waals surface area contributed by atoms with E-state index in [0.717, 1.165) is 16.0 Å². The van der Waals surface area contributed by atoms with Crippen LogP contribution in [0.5, 0.6) is 11.5 Å². The fourth-order valence-electron chi connectivity index (χ4n) is 5.14. The van der Waals surface area contributed by atoms with Gasteiger partial charge in [0.2, 0.25) is 17.6 Å². The summed E-state index contributed by atoms with van der Waals surface area (Å²) in [4.78, 5) is 40.1. The molecule has 5 atom stereocenters. The minimum Gasteiger partial charge on any atom is -0.497 e. The van der Waals surface area contributed by atoms with Crippen molar-refractivity contribution in [3.8, 4) is 11.5 Å². The highest BCUT2D eigenvalue weighted by atomic mass is 16.5. The zero-order valence-electron chi connectivity index (χ0n) is 16.5. The second-order valence-electron chi connectivity index (χ2n) is 7.75. The highest BCUT2D eigenvalue weighted by molar-refractivity contribution is 6.11. The summed E-state index contributed by atoms with van der Waals surface area (Å²) in [5.41, 5.74) is 2.32. The molecule has 0 saturated carbocycles. The van der Waals surface area contributed by atoms with E-state index in [1.54, 1.807) is 18.2 Å². The minimum atomic E-state index is -0.739. The van der Waals surface area contributed by atoms with Crippen LogP contribution in [0.15, 0.2) is 48.7 Å². The number of methoxy groups -OCH3 is 2. The van der Waals surface area contributed by atoms with Crippen LogP contribution in [0.25, 0.3) is 6.08 Å². The molecule has 0 radical (unpaired) electrons. The number of quaternary nitrogens is 1. The van der Waals surface area contributed by atoms with Gasteiger partial charge in [0.05, 0.1) is 26.0 Å². The lowest BCUT2D eigenvalue weighted by Crippen LogP contribution is -3.12. The highest BCUT2D eigenvalue weighted by Crippen LogP contribution is 2.41. The number of ketones is 1. The van der Waals surface area contributed by atoms with Crippen molar-refractivity contribution in [2.75, 3.05) is 14.2 Å². The number of rotatable bonds is 4. The number of ether oxygens (including phenoxy) is 2. The van der Waals surface area contributed by atoms with Crippen molar-refractivity contribution in [3.05, 3.63) is 65.4 Å². The molecule has 2 fully saturated rings. The number of benzene rings is 2. The third-order valence-corrected chi connectivity index (χ3v) is 6.42. The van der Waals surface area contributed by atoms with Crippen LogP contribution in [0.1, 0.15) is 27.5 Å². The molecule has 0 bridgehead atoms. The summed E-state index contributed by atoms with van der Waals surface area (Å²) < 4.78 is 10.7. The lowest BCUT2D eigenvalue weighted by Gasteiger charge is -2.29. The van der Waals surface area contributed by atoms with E-state index in [-0.39, 0.29) is 17.7 Å². The Labute approximate surface area is 173 Å². The van der Waals surface area contributed by atoms with Gasteiger partial charge >= 0.3 is 0 Å². The molecule has 3 aliphatic rings. The van der Waals surface area contributed by atoms with Gasteiger partial charge in [-0.3, -0.25) is 24.6 Å². The Bertz CT molecular complexity index is 1110. The van der Waals surface area contributed by atoms with Gasteiger partial charge in [-0.2, -0.15) is 0 Å². The molecule has 3 aliphatic heterocycles. The maximum absolute atomic E-state index is 13.8. The van der Waals surface area contributed by atoms with E-state index in [1.165, 1.54) is 14.2 Å². The van der Waals surface area contributed by atoms with Crippen molar-refractivity contribution in [1.29, 1.82) is 0 Å². The van der Waals surface area contributed by atoms with Gasteiger partial charge in [0, 0.05) is 5.56 Å². The van der Waals surface area contributed by atoms with Gasteiger partial charge in [0.1, 0.15) is 29.4 Å². The molecule has 1 unspecified atom stereocenters. The zero-order valence-corrected chi connectivity index (χ0v) is 16.5. The first kappa shape index (κ1) is 18.6. The van der Waals surface area contributed by atoms with Gasteiger partial charge in [0.15, 0.2) is 6.04 Å². The topological polar surface area (TPSA) is 86.1 Å². The molecule has 7 heteroatoms. The smallest absolute Gasteiger partial charge is 0.237 e. The molecular formula is C23H21N2O5+. The van der Waals surface area contributed by atoms with Crippen LogP contribution in [0.4, 0.5) is 0 Å². The van der Waals surface area contributed by atoms with Crippen LogP contribution in [0, 0.1) is 11.8 Å².